The maximum absolute atomic E-state index is 13.5. The molecule has 0 radical (unpaired) electrons. The van der Waals surface area contributed by atoms with Gasteiger partial charge in [-0.3, -0.25) is 4.90 Å². The number of rotatable bonds is 2. The van der Waals surface area contributed by atoms with E-state index in [1.54, 1.807) is 0 Å². The summed E-state index contributed by atoms with van der Waals surface area (Å²) in [6.45, 7) is 0. The monoisotopic (exact) mass is 400 g/mol. The van der Waals surface area contributed by atoms with E-state index in [1.165, 1.54) is 18.3 Å². The van der Waals surface area contributed by atoms with Crippen LogP contribution in [0.5, 0.6) is 0 Å². The Morgan fingerprint density at radius 2 is 1.68 bits per heavy atom. The summed E-state index contributed by atoms with van der Waals surface area (Å²) >= 11 is 0. The summed E-state index contributed by atoms with van der Waals surface area (Å²) < 4.78 is 79.5. The second kappa shape index (κ2) is 6.66. The Labute approximate surface area is 153 Å². The summed E-state index contributed by atoms with van der Waals surface area (Å²) in [7, 11) is 0. The summed E-state index contributed by atoms with van der Waals surface area (Å²) in [5, 5.41) is 0.142. The van der Waals surface area contributed by atoms with Crippen molar-refractivity contribution < 1.29 is 31.1 Å². The molecule has 0 atom stereocenters. The molecule has 0 saturated carbocycles. The van der Waals surface area contributed by atoms with Crippen molar-refractivity contribution in [2.75, 3.05) is 4.90 Å². The molecule has 2 aromatic heterocycles. The highest BCUT2D eigenvalue weighted by Crippen LogP contribution is 2.40. The van der Waals surface area contributed by atoms with E-state index >= 15 is 0 Å². The number of urea groups is 1. The molecule has 1 aromatic carbocycles. The van der Waals surface area contributed by atoms with Gasteiger partial charge in [0.1, 0.15) is 0 Å². The van der Waals surface area contributed by atoms with Gasteiger partial charge in [0.05, 0.1) is 16.9 Å². The molecule has 2 heterocycles. The molecule has 0 aliphatic carbocycles. The fourth-order valence-corrected chi connectivity index (χ4v) is 2.58. The van der Waals surface area contributed by atoms with E-state index in [1.807, 2.05) is 0 Å². The van der Waals surface area contributed by atoms with Gasteiger partial charge >= 0.3 is 18.4 Å². The first-order chi connectivity index (χ1) is 13.0. The number of carbonyl (C=O) groups is 1. The van der Waals surface area contributed by atoms with Crippen molar-refractivity contribution in [2.24, 2.45) is 5.73 Å². The number of nitrogens with two attached hydrogens (primary N) is 1. The number of alkyl halides is 6. The predicted molar refractivity (Wildman–Crippen MR) is 87.7 cm³/mol. The maximum atomic E-state index is 13.5. The largest absolute Gasteiger partial charge is 0.435 e. The van der Waals surface area contributed by atoms with Gasteiger partial charge in [0, 0.05) is 11.6 Å². The van der Waals surface area contributed by atoms with Crippen molar-refractivity contribution in [2.45, 2.75) is 12.4 Å². The second-order valence-corrected chi connectivity index (χ2v) is 5.63. The Balaban J connectivity index is 2.29. The molecule has 0 aliphatic heterocycles. The fraction of sp³-hybridized carbons (Fsp3) is 0.118. The highest BCUT2D eigenvalue weighted by Gasteiger charge is 2.39. The molecule has 5 nitrogen and oxygen atoms in total. The van der Waals surface area contributed by atoms with Gasteiger partial charge in [0.2, 0.25) is 0 Å². The van der Waals surface area contributed by atoms with Crippen molar-refractivity contribution in [3.63, 3.8) is 0 Å². The summed E-state index contributed by atoms with van der Waals surface area (Å²) in [5.74, 6) is 0. The third-order valence-corrected chi connectivity index (χ3v) is 3.73. The van der Waals surface area contributed by atoms with E-state index in [4.69, 9.17) is 5.73 Å². The molecule has 11 heteroatoms. The molecule has 3 aromatic rings. The van der Waals surface area contributed by atoms with Crippen molar-refractivity contribution >= 4 is 28.4 Å². The van der Waals surface area contributed by atoms with Gasteiger partial charge in [-0.05, 0) is 36.4 Å². The standard InChI is InChI=1S/C17H10F6N4O/c18-16(19,20)10-4-1-5-11(8-10)27(15(24)28)12-7-9-3-2-6-25-14(9)26-13(12)17(21,22)23/h1-8H,(H2,24,28). The molecular formula is C17H10F6N4O. The zero-order valence-electron chi connectivity index (χ0n) is 13.7. The number of benzene rings is 1. The number of fused-ring (bicyclic) bond motifs is 1. The third kappa shape index (κ3) is 3.68. The van der Waals surface area contributed by atoms with Crippen molar-refractivity contribution in [3.05, 3.63) is 59.9 Å². The van der Waals surface area contributed by atoms with Crippen LogP contribution < -0.4 is 10.6 Å². The quantitative estimate of drug-likeness (QED) is 0.623. The number of amides is 2. The van der Waals surface area contributed by atoms with E-state index in [0.717, 1.165) is 24.3 Å². The molecular weight excluding hydrogens is 390 g/mol. The van der Waals surface area contributed by atoms with Crippen molar-refractivity contribution in [1.29, 1.82) is 0 Å². The summed E-state index contributed by atoms with van der Waals surface area (Å²) in [6, 6.07) is 5.60. The number of anilines is 2. The normalized spacial score (nSPS) is 12.2. The first-order valence-corrected chi connectivity index (χ1v) is 7.58. The average molecular weight is 400 g/mol. The minimum Gasteiger partial charge on any atom is -0.351 e. The lowest BCUT2D eigenvalue weighted by molar-refractivity contribution is -0.140. The number of hydrogen-bond donors (Lipinski definition) is 1. The highest BCUT2D eigenvalue weighted by molar-refractivity contribution is 6.00. The number of primary amides is 1. The molecule has 0 unspecified atom stereocenters. The minimum atomic E-state index is -5.02. The molecule has 0 saturated heterocycles. The molecule has 0 spiro atoms. The Morgan fingerprint density at radius 3 is 2.29 bits per heavy atom. The first kappa shape index (κ1) is 19.4. The zero-order valence-corrected chi connectivity index (χ0v) is 13.7. The second-order valence-electron chi connectivity index (χ2n) is 5.63. The zero-order chi connectivity index (χ0) is 20.7. The van der Waals surface area contributed by atoms with E-state index < -0.39 is 41.0 Å². The number of carbonyl (C=O) groups excluding carboxylic acids is 1. The van der Waals surface area contributed by atoms with E-state index in [-0.39, 0.29) is 11.0 Å². The highest BCUT2D eigenvalue weighted by atomic mass is 19.4. The van der Waals surface area contributed by atoms with Crippen LogP contribution in [0, 0.1) is 0 Å². The number of pyridine rings is 2. The fourth-order valence-electron chi connectivity index (χ4n) is 2.58. The molecule has 0 bridgehead atoms. The lowest BCUT2D eigenvalue weighted by Gasteiger charge is -2.24. The lowest BCUT2D eigenvalue weighted by Crippen LogP contribution is -2.33. The average Bonchev–Trinajstić information content (AvgIpc) is 2.59. The first-order valence-electron chi connectivity index (χ1n) is 7.58. The van der Waals surface area contributed by atoms with Crippen molar-refractivity contribution in [1.82, 2.24) is 9.97 Å². The van der Waals surface area contributed by atoms with Crippen LogP contribution in [-0.4, -0.2) is 16.0 Å². The summed E-state index contributed by atoms with van der Waals surface area (Å²) in [5.41, 5.74) is 1.02. The third-order valence-electron chi connectivity index (χ3n) is 3.73. The van der Waals surface area contributed by atoms with Crippen LogP contribution in [0.4, 0.5) is 42.5 Å². The summed E-state index contributed by atoms with van der Waals surface area (Å²) in [4.78, 5) is 19.4. The number of aromatic nitrogens is 2. The number of halogens is 6. The molecule has 2 amide bonds. The van der Waals surface area contributed by atoms with E-state index in [0.29, 0.717) is 11.0 Å². The molecule has 0 aliphatic rings. The molecule has 28 heavy (non-hydrogen) atoms. The Hall–Kier alpha value is -3.37. The van der Waals surface area contributed by atoms with Crippen LogP contribution in [0.2, 0.25) is 0 Å². The van der Waals surface area contributed by atoms with Crippen LogP contribution in [0.15, 0.2) is 48.7 Å². The van der Waals surface area contributed by atoms with Gasteiger partial charge in [0.25, 0.3) is 0 Å². The summed E-state index contributed by atoms with van der Waals surface area (Å²) in [6.07, 6.45) is -8.55. The minimum absolute atomic E-state index is 0.142. The SMILES string of the molecule is NC(=O)N(c1cccc(C(F)(F)F)c1)c1cc2cccnc2nc1C(F)(F)F. The smallest absolute Gasteiger partial charge is 0.351 e. The van der Waals surface area contributed by atoms with Gasteiger partial charge in [-0.15, -0.1) is 0 Å². The van der Waals surface area contributed by atoms with Crippen LogP contribution in [-0.2, 0) is 12.4 Å². The topological polar surface area (TPSA) is 72.1 Å². The number of hydrogen-bond acceptors (Lipinski definition) is 3. The van der Waals surface area contributed by atoms with Gasteiger partial charge in [-0.1, -0.05) is 6.07 Å². The molecule has 3 rings (SSSR count). The Morgan fingerprint density at radius 1 is 0.964 bits per heavy atom. The van der Waals surface area contributed by atoms with Crippen LogP contribution >= 0.6 is 0 Å². The van der Waals surface area contributed by atoms with Gasteiger partial charge in [0.15, 0.2) is 11.3 Å². The van der Waals surface area contributed by atoms with E-state index in [9.17, 15) is 31.1 Å². The van der Waals surface area contributed by atoms with Crippen LogP contribution in [0.25, 0.3) is 11.0 Å². The molecule has 146 valence electrons. The molecule has 0 fully saturated rings. The van der Waals surface area contributed by atoms with Gasteiger partial charge < -0.3 is 5.73 Å². The van der Waals surface area contributed by atoms with Gasteiger partial charge in [-0.2, -0.15) is 26.3 Å². The maximum Gasteiger partial charge on any atom is 0.435 e. The van der Waals surface area contributed by atoms with Crippen LogP contribution in [0.3, 0.4) is 0 Å². The van der Waals surface area contributed by atoms with Crippen LogP contribution in [0.1, 0.15) is 11.3 Å². The van der Waals surface area contributed by atoms with Gasteiger partial charge in [-0.25, -0.2) is 14.8 Å². The Kier molecular flexibility index (Phi) is 4.61. The predicted octanol–water partition coefficient (Wildman–Crippen LogP) is 4.88. The van der Waals surface area contributed by atoms with Crippen molar-refractivity contribution in [3.8, 4) is 0 Å². The lowest BCUT2D eigenvalue weighted by atomic mass is 10.1. The van der Waals surface area contributed by atoms with E-state index in [2.05, 4.69) is 9.97 Å². The Bertz CT molecular complexity index is 1050. The molecule has 2 N–H and O–H groups in total. The number of nitrogens with zero attached hydrogens (tertiary/aromatic N) is 3.